The van der Waals surface area contributed by atoms with E-state index < -0.39 is 0 Å². The van der Waals surface area contributed by atoms with Gasteiger partial charge in [0.05, 0.1) is 0 Å². The van der Waals surface area contributed by atoms with E-state index in [0.717, 1.165) is 18.4 Å². The molecular formula is C16H19N5O2. The number of nitrogens with zero attached hydrogens (tertiary/aromatic N) is 3. The fourth-order valence-corrected chi connectivity index (χ4v) is 2.37. The molecule has 0 saturated carbocycles. The van der Waals surface area contributed by atoms with E-state index in [1.165, 1.54) is 0 Å². The van der Waals surface area contributed by atoms with Crippen molar-refractivity contribution in [1.82, 2.24) is 15.2 Å². The number of carbonyl (C=O) groups excluding carboxylic acids is 1. The van der Waals surface area contributed by atoms with E-state index in [2.05, 4.69) is 25.8 Å². The Morgan fingerprint density at radius 1 is 1.09 bits per heavy atom. The van der Waals surface area contributed by atoms with Crippen molar-refractivity contribution in [2.45, 2.75) is 19.4 Å². The molecule has 1 fully saturated rings. The number of anilines is 2. The molecule has 2 aromatic rings. The van der Waals surface area contributed by atoms with Crippen molar-refractivity contribution in [2.24, 2.45) is 5.92 Å². The normalized spacial score (nSPS) is 15.1. The van der Waals surface area contributed by atoms with Crippen LogP contribution in [0.15, 0.2) is 36.7 Å². The second-order valence-electron chi connectivity index (χ2n) is 5.39. The molecule has 0 unspecified atom stereocenters. The van der Waals surface area contributed by atoms with E-state index in [4.69, 9.17) is 4.74 Å². The first-order valence-electron chi connectivity index (χ1n) is 7.66. The maximum absolute atomic E-state index is 12.1. The Hall–Kier alpha value is -2.54. The smallest absolute Gasteiger partial charge is 0.228 e. The van der Waals surface area contributed by atoms with Crippen LogP contribution in [-0.4, -0.2) is 34.3 Å². The van der Waals surface area contributed by atoms with Crippen LogP contribution < -0.4 is 10.6 Å². The fraction of sp³-hybridized carbons (Fsp3) is 0.375. The first kappa shape index (κ1) is 15.4. The predicted molar refractivity (Wildman–Crippen MR) is 85.8 cm³/mol. The highest BCUT2D eigenvalue weighted by Crippen LogP contribution is 2.17. The van der Waals surface area contributed by atoms with Crippen LogP contribution in [0.4, 0.5) is 11.6 Å². The monoisotopic (exact) mass is 313 g/mol. The molecule has 2 aromatic heterocycles. The molecule has 1 saturated heterocycles. The van der Waals surface area contributed by atoms with Gasteiger partial charge in [-0.25, -0.2) is 0 Å². The summed E-state index contributed by atoms with van der Waals surface area (Å²) in [5.41, 5.74) is 1.11. The van der Waals surface area contributed by atoms with Crippen molar-refractivity contribution in [3.05, 3.63) is 42.2 Å². The number of hydrogen-bond acceptors (Lipinski definition) is 6. The molecule has 0 aliphatic carbocycles. The molecule has 1 aliphatic heterocycles. The number of ether oxygens (including phenoxy) is 1. The second-order valence-corrected chi connectivity index (χ2v) is 5.39. The standard InChI is InChI=1S/C16H19N5O2/c22-16(13-5-9-23-10-6-13)19-15-2-1-14(20-21-15)18-11-12-3-7-17-8-4-12/h1-4,7-8,13H,5-6,9-11H2,(H,18,20)(H,19,21,22). The third-order valence-corrected chi connectivity index (χ3v) is 3.73. The number of amides is 1. The van der Waals surface area contributed by atoms with Crippen molar-refractivity contribution in [3.63, 3.8) is 0 Å². The zero-order chi connectivity index (χ0) is 15.9. The lowest BCUT2D eigenvalue weighted by Gasteiger charge is -2.20. The number of nitrogens with one attached hydrogen (secondary N) is 2. The third-order valence-electron chi connectivity index (χ3n) is 3.73. The molecular weight excluding hydrogens is 294 g/mol. The maximum atomic E-state index is 12.1. The number of carbonyl (C=O) groups is 1. The minimum Gasteiger partial charge on any atom is -0.381 e. The van der Waals surface area contributed by atoms with Crippen LogP contribution in [0.5, 0.6) is 0 Å². The van der Waals surface area contributed by atoms with Crippen LogP contribution in [0.3, 0.4) is 0 Å². The number of hydrogen-bond donors (Lipinski definition) is 2. The summed E-state index contributed by atoms with van der Waals surface area (Å²) in [6.45, 7) is 1.92. The van der Waals surface area contributed by atoms with Crippen LogP contribution in [-0.2, 0) is 16.1 Å². The SMILES string of the molecule is O=C(Nc1ccc(NCc2ccncc2)nn1)C1CCOCC1. The van der Waals surface area contributed by atoms with Crippen molar-refractivity contribution in [2.75, 3.05) is 23.8 Å². The minimum atomic E-state index is -0.0138. The lowest BCUT2D eigenvalue weighted by atomic mass is 9.99. The van der Waals surface area contributed by atoms with Gasteiger partial charge >= 0.3 is 0 Å². The molecule has 0 aromatic carbocycles. The van der Waals surface area contributed by atoms with Gasteiger partial charge in [0.15, 0.2) is 5.82 Å². The zero-order valence-corrected chi connectivity index (χ0v) is 12.7. The first-order chi connectivity index (χ1) is 11.3. The van der Waals surface area contributed by atoms with Crippen molar-refractivity contribution in [3.8, 4) is 0 Å². The fourth-order valence-electron chi connectivity index (χ4n) is 2.37. The van der Waals surface area contributed by atoms with Gasteiger partial charge in [-0.3, -0.25) is 9.78 Å². The van der Waals surface area contributed by atoms with Gasteiger partial charge in [-0.05, 0) is 42.7 Å². The number of pyridine rings is 1. The van der Waals surface area contributed by atoms with Crippen LogP contribution in [0, 0.1) is 5.92 Å². The van der Waals surface area contributed by atoms with E-state index in [1.807, 2.05) is 12.1 Å². The minimum absolute atomic E-state index is 0.00459. The van der Waals surface area contributed by atoms with Gasteiger partial charge < -0.3 is 15.4 Å². The molecule has 7 heteroatoms. The van der Waals surface area contributed by atoms with Crippen LogP contribution in [0.2, 0.25) is 0 Å². The summed E-state index contributed by atoms with van der Waals surface area (Å²) >= 11 is 0. The molecule has 0 radical (unpaired) electrons. The summed E-state index contributed by atoms with van der Waals surface area (Å²) in [5, 5.41) is 14.1. The second kappa shape index (κ2) is 7.64. The zero-order valence-electron chi connectivity index (χ0n) is 12.7. The molecule has 0 bridgehead atoms. The van der Waals surface area contributed by atoms with E-state index in [1.54, 1.807) is 24.5 Å². The van der Waals surface area contributed by atoms with Crippen LogP contribution in [0.25, 0.3) is 0 Å². The summed E-state index contributed by atoms with van der Waals surface area (Å²) in [5.74, 6) is 1.11. The van der Waals surface area contributed by atoms with Gasteiger partial charge in [0.2, 0.25) is 5.91 Å². The highest BCUT2D eigenvalue weighted by molar-refractivity contribution is 5.91. The van der Waals surface area contributed by atoms with Crippen molar-refractivity contribution in [1.29, 1.82) is 0 Å². The Labute approximate surface area is 134 Å². The van der Waals surface area contributed by atoms with Crippen LogP contribution in [0.1, 0.15) is 18.4 Å². The number of aromatic nitrogens is 3. The molecule has 1 amide bonds. The number of rotatable bonds is 5. The lowest BCUT2D eigenvalue weighted by Crippen LogP contribution is -2.28. The molecule has 3 rings (SSSR count). The highest BCUT2D eigenvalue weighted by atomic mass is 16.5. The van der Waals surface area contributed by atoms with E-state index in [-0.39, 0.29) is 11.8 Å². The summed E-state index contributed by atoms with van der Waals surface area (Å²) in [7, 11) is 0. The summed E-state index contributed by atoms with van der Waals surface area (Å²) < 4.78 is 5.26. The summed E-state index contributed by atoms with van der Waals surface area (Å²) in [6.07, 6.45) is 5.00. The molecule has 1 aliphatic rings. The molecule has 120 valence electrons. The molecule has 7 nitrogen and oxygen atoms in total. The van der Waals surface area contributed by atoms with E-state index in [0.29, 0.717) is 31.4 Å². The Bertz CT molecular complexity index is 627. The van der Waals surface area contributed by atoms with Gasteiger partial charge in [-0.15, -0.1) is 10.2 Å². The van der Waals surface area contributed by atoms with Crippen LogP contribution >= 0.6 is 0 Å². The molecule has 3 heterocycles. The Morgan fingerprint density at radius 3 is 2.48 bits per heavy atom. The quantitative estimate of drug-likeness (QED) is 0.875. The summed E-state index contributed by atoms with van der Waals surface area (Å²) in [4.78, 5) is 16.1. The average Bonchev–Trinajstić information content (AvgIpc) is 2.63. The van der Waals surface area contributed by atoms with Gasteiger partial charge in [0.25, 0.3) is 0 Å². The maximum Gasteiger partial charge on any atom is 0.228 e. The molecule has 0 atom stereocenters. The Balaban J connectivity index is 1.51. The van der Waals surface area contributed by atoms with Crippen molar-refractivity contribution >= 4 is 17.5 Å². The van der Waals surface area contributed by atoms with Gasteiger partial charge in [0, 0.05) is 38.1 Å². The Morgan fingerprint density at radius 2 is 1.78 bits per heavy atom. The third kappa shape index (κ3) is 4.46. The molecule has 2 N–H and O–H groups in total. The van der Waals surface area contributed by atoms with E-state index in [9.17, 15) is 4.79 Å². The first-order valence-corrected chi connectivity index (χ1v) is 7.66. The predicted octanol–water partition coefficient (Wildman–Crippen LogP) is 1.85. The molecule has 23 heavy (non-hydrogen) atoms. The largest absolute Gasteiger partial charge is 0.381 e. The lowest BCUT2D eigenvalue weighted by molar-refractivity contribution is -0.122. The average molecular weight is 313 g/mol. The van der Waals surface area contributed by atoms with Gasteiger partial charge in [-0.2, -0.15) is 0 Å². The summed E-state index contributed by atoms with van der Waals surface area (Å²) in [6, 6.07) is 7.42. The highest BCUT2D eigenvalue weighted by Gasteiger charge is 2.21. The van der Waals surface area contributed by atoms with Gasteiger partial charge in [-0.1, -0.05) is 0 Å². The molecule has 0 spiro atoms. The Kier molecular flexibility index (Phi) is 5.10. The van der Waals surface area contributed by atoms with E-state index >= 15 is 0 Å². The topological polar surface area (TPSA) is 89.0 Å². The van der Waals surface area contributed by atoms with Crippen molar-refractivity contribution < 1.29 is 9.53 Å². The van der Waals surface area contributed by atoms with Gasteiger partial charge in [0.1, 0.15) is 5.82 Å².